The molecule has 4 rings (SSSR count). The van der Waals surface area contributed by atoms with Crippen LogP contribution >= 0.6 is 35.0 Å². The molecule has 36 heavy (non-hydrogen) atoms. The minimum atomic E-state index is -0.443. The van der Waals surface area contributed by atoms with Gasteiger partial charge >= 0.3 is 0 Å². The molecule has 1 aliphatic rings. The van der Waals surface area contributed by atoms with E-state index in [1.165, 1.54) is 31.4 Å². The lowest BCUT2D eigenvalue weighted by molar-refractivity contribution is -0.123. The molecule has 0 saturated carbocycles. The number of benzene rings is 3. The quantitative estimate of drug-likeness (QED) is 0.273. The van der Waals surface area contributed by atoms with Crippen molar-refractivity contribution in [1.29, 1.82) is 0 Å². The van der Waals surface area contributed by atoms with Crippen molar-refractivity contribution in [2.45, 2.75) is 6.61 Å². The summed E-state index contributed by atoms with van der Waals surface area (Å²) in [5.41, 5.74) is 1.36. The highest BCUT2D eigenvalue weighted by Gasteiger charge is 2.35. The fraction of sp³-hybridized carbons (Fsp3) is 0.154. The van der Waals surface area contributed by atoms with Gasteiger partial charge in [-0.05, 0) is 65.9 Å². The highest BCUT2D eigenvalue weighted by molar-refractivity contribution is 8.18. The van der Waals surface area contributed by atoms with Crippen molar-refractivity contribution in [2.24, 2.45) is 0 Å². The van der Waals surface area contributed by atoms with Gasteiger partial charge in [0.2, 0.25) is 0 Å². The molecule has 0 N–H and O–H groups in total. The molecule has 3 aromatic rings. The van der Waals surface area contributed by atoms with Gasteiger partial charge in [-0.25, -0.2) is 4.39 Å². The van der Waals surface area contributed by atoms with E-state index in [9.17, 15) is 14.0 Å². The Morgan fingerprint density at radius 3 is 2.47 bits per heavy atom. The summed E-state index contributed by atoms with van der Waals surface area (Å²) < 4.78 is 29.8. The van der Waals surface area contributed by atoms with Crippen LogP contribution in [0.1, 0.15) is 11.1 Å². The SMILES string of the molecule is COc1cc(/C=C2\SC(=O)N(CCOc3ccc(F)cc3)C2=O)cc(Cl)c1OCc1ccccc1Cl. The number of hydrogen-bond acceptors (Lipinski definition) is 6. The van der Waals surface area contributed by atoms with E-state index in [0.29, 0.717) is 27.8 Å². The van der Waals surface area contributed by atoms with Gasteiger partial charge in [-0.2, -0.15) is 0 Å². The lowest BCUT2D eigenvalue weighted by Crippen LogP contribution is -2.32. The third-order valence-electron chi connectivity index (χ3n) is 5.15. The van der Waals surface area contributed by atoms with Gasteiger partial charge in [0.25, 0.3) is 11.1 Å². The predicted molar refractivity (Wildman–Crippen MR) is 138 cm³/mol. The molecule has 10 heteroatoms. The maximum Gasteiger partial charge on any atom is 0.293 e. The monoisotopic (exact) mass is 547 g/mol. The molecule has 1 saturated heterocycles. The van der Waals surface area contributed by atoms with Gasteiger partial charge in [-0.15, -0.1) is 0 Å². The zero-order valence-electron chi connectivity index (χ0n) is 19.0. The van der Waals surface area contributed by atoms with Crippen molar-refractivity contribution in [3.63, 3.8) is 0 Å². The normalized spacial score (nSPS) is 14.4. The lowest BCUT2D eigenvalue weighted by atomic mass is 10.1. The van der Waals surface area contributed by atoms with Gasteiger partial charge in [0, 0.05) is 10.6 Å². The maximum atomic E-state index is 13.0. The number of thioether (sulfide) groups is 1. The number of hydrogen-bond donors (Lipinski definition) is 0. The first-order valence-electron chi connectivity index (χ1n) is 10.7. The number of imide groups is 1. The second-order valence-electron chi connectivity index (χ2n) is 7.55. The Hall–Kier alpha value is -3.20. The van der Waals surface area contributed by atoms with Crippen molar-refractivity contribution in [1.82, 2.24) is 4.90 Å². The van der Waals surface area contributed by atoms with Gasteiger partial charge < -0.3 is 14.2 Å². The number of ether oxygens (including phenoxy) is 3. The molecule has 0 aromatic heterocycles. The van der Waals surface area contributed by atoms with Crippen molar-refractivity contribution >= 4 is 52.2 Å². The van der Waals surface area contributed by atoms with E-state index in [1.54, 1.807) is 24.3 Å². The number of carbonyl (C=O) groups excluding carboxylic acids is 2. The minimum absolute atomic E-state index is 0.0539. The van der Waals surface area contributed by atoms with Gasteiger partial charge in [0.1, 0.15) is 24.8 Å². The van der Waals surface area contributed by atoms with Crippen LogP contribution in [-0.4, -0.2) is 36.3 Å². The molecular weight excluding hydrogens is 528 g/mol. The molecule has 2 amide bonds. The third-order valence-corrected chi connectivity index (χ3v) is 6.71. The zero-order valence-corrected chi connectivity index (χ0v) is 21.3. The number of amides is 2. The van der Waals surface area contributed by atoms with Crippen molar-refractivity contribution in [3.8, 4) is 17.2 Å². The molecule has 3 aromatic carbocycles. The molecule has 0 aliphatic carbocycles. The number of halogens is 3. The zero-order chi connectivity index (χ0) is 25.7. The Bertz CT molecular complexity index is 1320. The summed E-state index contributed by atoms with van der Waals surface area (Å²) >= 11 is 13.5. The third kappa shape index (κ3) is 6.13. The predicted octanol–water partition coefficient (Wildman–Crippen LogP) is 6.84. The standard InChI is InChI=1S/C26H20Cl2FNO5S/c1-33-22-13-16(12-21(28)24(22)35-15-17-4-2-3-5-20(17)27)14-23-25(31)30(26(32)36-23)10-11-34-19-8-6-18(29)7-9-19/h2-9,12-14H,10-11,15H2,1H3/b23-14-. The summed E-state index contributed by atoms with van der Waals surface area (Å²) in [6.07, 6.45) is 1.57. The Kier molecular flexibility index (Phi) is 8.40. The summed E-state index contributed by atoms with van der Waals surface area (Å²) in [6.45, 7) is 0.320. The number of carbonyl (C=O) groups is 2. The number of methoxy groups -OCH3 is 1. The van der Waals surface area contributed by atoms with E-state index >= 15 is 0 Å². The summed E-state index contributed by atoms with van der Waals surface area (Å²) in [7, 11) is 1.48. The van der Waals surface area contributed by atoms with Crippen LogP contribution in [0.4, 0.5) is 9.18 Å². The Labute approximate surface area is 221 Å². The van der Waals surface area contributed by atoms with E-state index in [0.717, 1.165) is 22.2 Å². The molecule has 0 spiro atoms. The van der Waals surface area contributed by atoms with Crippen LogP contribution in [0.5, 0.6) is 17.2 Å². The van der Waals surface area contributed by atoms with Crippen LogP contribution in [0.25, 0.3) is 6.08 Å². The Morgan fingerprint density at radius 2 is 1.75 bits per heavy atom. The van der Waals surface area contributed by atoms with Gasteiger partial charge in [-0.1, -0.05) is 41.4 Å². The number of rotatable bonds is 9. The first kappa shape index (κ1) is 25.9. The average Bonchev–Trinajstić information content (AvgIpc) is 3.12. The number of nitrogens with zero attached hydrogens (tertiary/aromatic N) is 1. The smallest absolute Gasteiger partial charge is 0.293 e. The van der Waals surface area contributed by atoms with Crippen LogP contribution < -0.4 is 14.2 Å². The first-order chi connectivity index (χ1) is 17.4. The highest BCUT2D eigenvalue weighted by atomic mass is 35.5. The van der Waals surface area contributed by atoms with Crippen molar-refractivity contribution in [3.05, 3.63) is 92.6 Å². The Morgan fingerprint density at radius 1 is 1.00 bits per heavy atom. The summed E-state index contributed by atoms with van der Waals surface area (Å²) in [5.74, 6) is 0.324. The Balaban J connectivity index is 1.44. The van der Waals surface area contributed by atoms with Crippen LogP contribution in [0.15, 0.2) is 65.6 Å². The second kappa shape index (κ2) is 11.7. The first-order valence-corrected chi connectivity index (χ1v) is 12.3. The molecule has 186 valence electrons. The van der Waals surface area contributed by atoms with Gasteiger partial charge in [0.15, 0.2) is 11.5 Å². The molecule has 0 unspecified atom stereocenters. The molecule has 0 atom stereocenters. The highest BCUT2D eigenvalue weighted by Crippen LogP contribution is 2.39. The molecule has 0 bridgehead atoms. The van der Waals surface area contributed by atoms with E-state index in [2.05, 4.69) is 0 Å². The molecule has 1 fully saturated rings. The lowest BCUT2D eigenvalue weighted by Gasteiger charge is -2.14. The van der Waals surface area contributed by atoms with Crippen LogP contribution in [-0.2, 0) is 11.4 Å². The second-order valence-corrected chi connectivity index (χ2v) is 9.36. The summed E-state index contributed by atoms with van der Waals surface area (Å²) in [6, 6.07) is 16.1. The summed E-state index contributed by atoms with van der Waals surface area (Å²) in [5, 5.41) is 0.439. The summed E-state index contributed by atoms with van der Waals surface area (Å²) in [4.78, 5) is 26.6. The van der Waals surface area contributed by atoms with Crippen LogP contribution in [0, 0.1) is 5.82 Å². The van der Waals surface area contributed by atoms with E-state index < -0.39 is 11.1 Å². The van der Waals surface area contributed by atoms with Crippen molar-refractivity contribution < 1.29 is 28.2 Å². The molecule has 1 heterocycles. The minimum Gasteiger partial charge on any atom is -0.493 e. The maximum absolute atomic E-state index is 13.0. The topological polar surface area (TPSA) is 65.1 Å². The largest absolute Gasteiger partial charge is 0.493 e. The van der Waals surface area contributed by atoms with Crippen LogP contribution in [0.2, 0.25) is 10.0 Å². The molecule has 1 aliphatic heterocycles. The van der Waals surface area contributed by atoms with Crippen LogP contribution in [0.3, 0.4) is 0 Å². The fourth-order valence-corrected chi connectivity index (χ4v) is 4.69. The van der Waals surface area contributed by atoms with Crippen molar-refractivity contribution in [2.75, 3.05) is 20.3 Å². The average molecular weight is 548 g/mol. The molecule has 0 radical (unpaired) electrons. The van der Waals surface area contributed by atoms with E-state index in [1.807, 2.05) is 18.2 Å². The molecular formula is C26H20Cl2FNO5S. The molecule has 6 nitrogen and oxygen atoms in total. The van der Waals surface area contributed by atoms with Gasteiger partial charge in [0.05, 0.1) is 23.6 Å². The van der Waals surface area contributed by atoms with Gasteiger partial charge in [-0.3, -0.25) is 14.5 Å². The fourth-order valence-electron chi connectivity index (χ4n) is 3.36. The van der Waals surface area contributed by atoms with E-state index in [-0.39, 0.29) is 35.5 Å². The van der Waals surface area contributed by atoms with E-state index in [4.69, 9.17) is 37.4 Å².